The average Bonchev–Trinajstić information content (AvgIpc) is 3.81. The van der Waals surface area contributed by atoms with Gasteiger partial charge in [-0.1, -0.05) is 26.8 Å². The number of carbonyl (C=O) groups is 2. The van der Waals surface area contributed by atoms with E-state index in [1.807, 2.05) is 17.0 Å². The number of pyridine rings is 1. The second kappa shape index (κ2) is 12.7. The van der Waals surface area contributed by atoms with Crippen molar-refractivity contribution in [2.45, 2.75) is 83.6 Å². The van der Waals surface area contributed by atoms with E-state index in [4.69, 9.17) is 19.9 Å². The number of anilines is 1. The first-order chi connectivity index (χ1) is 20.6. The zero-order valence-electron chi connectivity index (χ0n) is 25.9. The zero-order chi connectivity index (χ0) is 30.7. The fourth-order valence-corrected chi connectivity index (χ4v) is 5.89. The van der Waals surface area contributed by atoms with E-state index in [1.54, 1.807) is 0 Å². The van der Waals surface area contributed by atoms with Crippen LogP contribution in [-0.4, -0.2) is 60.8 Å². The molecule has 9 heteroatoms. The van der Waals surface area contributed by atoms with Crippen LogP contribution in [0.25, 0.3) is 0 Å². The molecule has 2 aliphatic heterocycles. The first kappa shape index (κ1) is 30.5. The van der Waals surface area contributed by atoms with Gasteiger partial charge in [0.2, 0.25) is 0 Å². The van der Waals surface area contributed by atoms with Crippen LogP contribution in [-0.2, 0) is 21.5 Å². The summed E-state index contributed by atoms with van der Waals surface area (Å²) in [5, 5.41) is 18.3. The number of nitrogens with one attached hydrogen (secondary N) is 1. The van der Waals surface area contributed by atoms with E-state index in [9.17, 15) is 14.9 Å². The minimum Gasteiger partial charge on any atom is -0.491 e. The summed E-state index contributed by atoms with van der Waals surface area (Å²) in [7, 11) is 1.40. The number of fused-ring (bicyclic) bond motifs is 1. The van der Waals surface area contributed by atoms with E-state index >= 15 is 0 Å². The molecule has 5 rings (SSSR count). The van der Waals surface area contributed by atoms with Crippen LogP contribution < -0.4 is 9.64 Å². The molecule has 1 aromatic heterocycles. The summed E-state index contributed by atoms with van der Waals surface area (Å²) >= 11 is 0. The van der Waals surface area contributed by atoms with Crippen LogP contribution in [0.3, 0.4) is 0 Å². The second-order valence-corrected chi connectivity index (χ2v) is 13.0. The molecular weight excluding hydrogens is 542 g/mol. The van der Waals surface area contributed by atoms with E-state index < -0.39 is 0 Å². The maximum Gasteiger partial charge on any atom is 0.305 e. The van der Waals surface area contributed by atoms with Gasteiger partial charge in [-0.25, -0.2) is 4.98 Å². The Morgan fingerprint density at radius 1 is 1.12 bits per heavy atom. The van der Waals surface area contributed by atoms with E-state index in [0.717, 1.165) is 53.9 Å². The van der Waals surface area contributed by atoms with Crippen LogP contribution in [0.1, 0.15) is 105 Å². The lowest BCUT2D eigenvalue weighted by Crippen LogP contribution is -2.34. The first-order valence-electron chi connectivity index (χ1n) is 15.5. The molecule has 0 atom stereocenters. The van der Waals surface area contributed by atoms with E-state index in [0.29, 0.717) is 68.5 Å². The number of aromatic nitrogens is 1. The predicted molar refractivity (Wildman–Crippen MR) is 165 cm³/mol. The molecule has 2 aromatic rings. The number of nitrogens with zero attached hydrogens (tertiary/aromatic N) is 4. The van der Waals surface area contributed by atoms with Gasteiger partial charge in [0.05, 0.1) is 32.0 Å². The number of Topliss-reactive ketones (excluding diaryl/α,β-unsaturated/α-hetero) is 1. The molecule has 2 fully saturated rings. The summed E-state index contributed by atoms with van der Waals surface area (Å²) in [6, 6.07) is 10.4. The third-order valence-corrected chi connectivity index (χ3v) is 8.70. The number of benzene rings is 1. The molecule has 0 unspecified atom stereocenters. The van der Waals surface area contributed by atoms with Gasteiger partial charge in [-0.3, -0.25) is 15.0 Å². The topological polar surface area (TPSA) is 120 Å². The summed E-state index contributed by atoms with van der Waals surface area (Å²) in [6.07, 6.45) is 5.54. The summed E-state index contributed by atoms with van der Waals surface area (Å²) in [4.78, 5) is 34.3. The Labute approximate surface area is 254 Å². The number of hydrogen-bond acceptors (Lipinski definition) is 8. The number of hydrogen-bond donors (Lipinski definition) is 1. The highest BCUT2D eigenvalue weighted by atomic mass is 16.5. The van der Waals surface area contributed by atoms with Gasteiger partial charge in [0.15, 0.2) is 5.78 Å². The van der Waals surface area contributed by atoms with Crippen LogP contribution in [0.4, 0.5) is 5.69 Å². The lowest BCUT2D eigenvalue weighted by molar-refractivity contribution is -0.140. The number of ether oxygens (including phenoxy) is 2. The lowest BCUT2D eigenvalue weighted by atomic mass is 9.84. The van der Waals surface area contributed by atoms with Crippen LogP contribution in [0.15, 0.2) is 24.3 Å². The Balaban J connectivity index is 1.40. The molecule has 228 valence electrons. The number of esters is 1. The van der Waals surface area contributed by atoms with Crippen molar-refractivity contribution >= 4 is 23.3 Å². The summed E-state index contributed by atoms with van der Waals surface area (Å²) in [5.74, 6) is 1.33. The van der Waals surface area contributed by atoms with Crippen molar-refractivity contribution in [3.8, 4) is 11.8 Å². The van der Waals surface area contributed by atoms with Gasteiger partial charge >= 0.3 is 5.97 Å². The molecule has 9 nitrogen and oxygen atoms in total. The fourth-order valence-electron chi connectivity index (χ4n) is 5.89. The molecule has 0 spiro atoms. The Kier molecular flexibility index (Phi) is 9.05. The third-order valence-electron chi connectivity index (χ3n) is 8.70. The standard InChI is InChI=1S/C34H43N5O4/c1-34(2,3)26-17-25(29(40)21-39-20-24-10-11-27(23-8-9-23)37-31(24)33(39)36)18-28(38-14-12-22(19-35)13-15-38)32(26)43-16-6-5-7-30(41)42-4/h10-11,17-18,22-23,36H,5-9,12-16,20-21H2,1-4H3. The number of nitriles is 1. The molecule has 1 saturated heterocycles. The SMILES string of the molecule is COC(=O)CCCCOc1c(N2CCC(C#N)CC2)cc(C(=O)CN2Cc3ccc(C4CC4)nc3C2=N)cc1C(C)(C)C. The van der Waals surface area contributed by atoms with Crippen molar-refractivity contribution in [1.29, 1.82) is 10.7 Å². The van der Waals surface area contributed by atoms with E-state index in [-0.39, 0.29) is 29.6 Å². The Morgan fingerprint density at radius 3 is 2.51 bits per heavy atom. The number of piperidine rings is 1. The van der Waals surface area contributed by atoms with Crippen LogP contribution in [0, 0.1) is 22.7 Å². The molecule has 1 aliphatic carbocycles. The van der Waals surface area contributed by atoms with Crippen molar-refractivity contribution in [2.75, 3.05) is 38.3 Å². The molecule has 0 amide bonds. The molecule has 1 aromatic carbocycles. The third kappa shape index (κ3) is 7.01. The Bertz CT molecular complexity index is 1430. The van der Waals surface area contributed by atoms with Gasteiger partial charge in [-0.2, -0.15) is 5.26 Å². The monoisotopic (exact) mass is 585 g/mol. The summed E-state index contributed by atoms with van der Waals surface area (Å²) < 4.78 is 11.2. The van der Waals surface area contributed by atoms with Crippen molar-refractivity contribution in [2.24, 2.45) is 5.92 Å². The van der Waals surface area contributed by atoms with Crippen LogP contribution in [0.5, 0.6) is 5.75 Å². The lowest BCUT2D eigenvalue weighted by Gasteiger charge is -2.35. The van der Waals surface area contributed by atoms with Gasteiger partial charge in [0.25, 0.3) is 0 Å². The molecule has 43 heavy (non-hydrogen) atoms. The number of amidine groups is 1. The summed E-state index contributed by atoms with van der Waals surface area (Å²) in [6.45, 7) is 8.80. The maximum atomic E-state index is 13.9. The van der Waals surface area contributed by atoms with Gasteiger partial charge in [-0.05, 0) is 62.1 Å². The largest absolute Gasteiger partial charge is 0.491 e. The summed E-state index contributed by atoms with van der Waals surface area (Å²) in [5.41, 5.74) is 4.85. The molecule has 3 aliphatic rings. The average molecular weight is 586 g/mol. The minimum atomic E-state index is -0.308. The van der Waals surface area contributed by atoms with Gasteiger partial charge in [0, 0.05) is 60.3 Å². The smallest absolute Gasteiger partial charge is 0.305 e. The number of rotatable bonds is 11. The van der Waals surface area contributed by atoms with Crippen molar-refractivity contribution < 1.29 is 19.1 Å². The minimum absolute atomic E-state index is 0.0303. The van der Waals surface area contributed by atoms with E-state index in [1.165, 1.54) is 7.11 Å². The number of carbonyl (C=O) groups excluding carboxylic acids is 2. The van der Waals surface area contributed by atoms with Crippen molar-refractivity contribution in [1.82, 2.24) is 9.88 Å². The second-order valence-electron chi connectivity index (χ2n) is 13.0. The van der Waals surface area contributed by atoms with Crippen molar-refractivity contribution in [3.63, 3.8) is 0 Å². The molecule has 1 saturated carbocycles. The number of unbranched alkanes of at least 4 members (excludes halogenated alkanes) is 1. The van der Waals surface area contributed by atoms with E-state index in [2.05, 4.69) is 43.9 Å². The van der Waals surface area contributed by atoms with Gasteiger partial charge in [-0.15, -0.1) is 0 Å². The molecule has 3 heterocycles. The molecule has 0 radical (unpaired) electrons. The first-order valence-corrected chi connectivity index (χ1v) is 15.5. The molecular formula is C34H43N5O4. The number of methoxy groups -OCH3 is 1. The highest BCUT2D eigenvalue weighted by Crippen LogP contribution is 2.42. The fraction of sp³-hybridized carbons (Fsp3) is 0.559. The van der Waals surface area contributed by atoms with Crippen LogP contribution >= 0.6 is 0 Å². The highest BCUT2D eigenvalue weighted by Gasteiger charge is 2.33. The number of ketones is 1. The highest BCUT2D eigenvalue weighted by molar-refractivity contribution is 6.05. The van der Waals surface area contributed by atoms with Gasteiger partial charge < -0.3 is 19.3 Å². The Hall–Kier alpha value is -3.93. The zero-order valence-corrected chi connectivity index (χ0v) is 25.9. The maximum absolute atomic E-state index is 13.9. The molecule has 1 N–H and O–H groups in total. The normalized spacial score (nSPS) is 17.0. The Morgan fingerprint density at radius 2 is 1.86 bits per heavy atom. The van der Waals surface area contributed by atoms with Crippen LogP contribution in [0.2, 0.25) is 0 Å². The predicted octanol–water partition coefficient (Wildman–Crippen LogP) is 5.74. The van der Waals surface area contributed by atoms with Crippen molar-refractivity contribution in [3.05, 3.63) is 52.3 Å². The quantitative estimate of drug-likeness (QED) is 0.201. The molecule has 0 bridgehead atoms. The van der Waals surface area contributed by atoms with Gasteiger partial charge in [0.1, 0.15) is 17.3 Å².